The molecule has 1 amide bonds. The molecule has 1 fully saturated rings. The standard InChI is InChI=1S/C12H16BrNOS/c1-8-2-4-9(5-3-8)14-12(15)11-10(13)6-7-16-11/h6-9H,2-5H2,1H3,(H,14,15). The highest BCUT2D eigenvalue weighted by molar-refractivity contribution is 9.10. The average molecular weight is 302 g/mol. The Morgan fingerprint density at radius 1 is 1.44 bits per heavy atom. The summed E-state index contributed by atoms with van der Waals surface area (Å²) in [5, 5.41) is 5.06. The second-order valence-electron chi connectivity index (χ2n) is 4.53. The summed E-state index contributed by atoms with van der Waals surface area (Å²) in [7, 11) is 0. The van der Waals surface area contributed by atoms with E-state index in [1.54, 1.807) is 0 Å². The van der Waals surface area contributed by atoms with Gasteiger partial charge in [0.05, 0.1) is 0 Å². The van der Waals surface area contributed by atoms with Crippen molar-refractivity contribution in [3.63, 3.8) is 0 Å². The maximum absolute atomic E-state index is 11.9. The highest BCUT2D eigenvalue weighted by Gasteiger charge is 2.21. The summed E-state index contributed by atoms with van der Waals surface area (Å²) in [4.78, 5) is 12.7. The van der Waals surface area contributed by atoms with Gasteiger partial charge in [0.2, 0.25) is 0 Å². The molecule has 1 heterocycles. The Morgan fingerprint density at radius 2 is 2.12 bits per heavy atom. The Labute approximate surface area is 109 Å². The van der Waals surface area contributed by atoms with E-state index in [4.69, 9.17) is 0 Å². The molecule has 0 aliphatic heterocycles. The van der Waals surface area contributed by atoms with Crippen molar-refractivity contribution in [3.8, 4) is 0 Å². The molecule has 2 rings (SSSR count). The number of carbonyl (C=O) groups excluding carboxylic acids is 1. The molecule has 0 bridgehead atoms. The van der Waals surface area contributed by atoms with Gasteiger partial charge in [0.25, 0.3) is 5.91 Å². The van der Waals surface area contributed by atoms with E-state index >= 15 is 0 Å². The first-order chi connectivity index (χ1) is 7.66. The lowest BCUT2D eigenvalue weighted by Crippen LogP contribution is -2.37. The number of nitrogens with one attached hydrogen (secondary N) is 1. The molecule has 1 aliphatic rings. The Morgan fingerprint density at radius 3 is 2.69 bits per heavy atom. The predicted molar refractivity (Wildman–Crippen MR) is 70.9 cm³/mol. The van der Waals surface area contributed by atoms with Gasteiger partial charge in [-0.2, -0.15) is 0 Å². The van der Waals surface area contributed by atoms with Crippen molar-refractivity contribution in [1.82, 2.24) is 5.32 Å². The minimum atomic E-state index is 0.0708. The Hall–Kier alpha value is -0.350. The molecule has 0 aromatic carbocycles. The van der Waals surface area contributed by atoms with Gasteiger partial charge in [0.1, 0.15) is 4.88 Å². The number of carbonyl (C=O) groups is 1. The maximum atomic E-state index is 11.9. The predicted octanol–water partition coefficient (Wildman–Crippen LogP) is 3.82. The van der Waals surface area contributed by atoms with E-state index in [9.17, 15) is 4.79 Å². The van der Waals surface area contributed by atoms with E-state index < -0.39 is 0 Å². The number of hydrogen-bond donors (Lipinski definition) is 1. The molecule has 0 saturated heterocycles. The van der Waals surface area contributed by atoms with Crippen molar-refractivity contribution < 1.29 is 4.79 Å². The summed E-state index contributed by atoms with van der Waals surface area (Å²) in [6, 6.07) is 2.29. The summed E-state index contributed by atoms with van der Waals surface area (Å²) < 4.78 is 0.902. The van der Waals surface area contributed by atoms with Gasteiger partial charge < -0.3 is 5.32 Å². The molecular weight excluding hydrogens is 286 g/mol. The molecule has 1 saturated carbocycles. The lowest BCUT2D eigenvalue weighted by molar-refractivity contribution is 0.0926. The largest absolute Gasteiger partial charge is 0.349 e. The molecular formula is C12H16BrNOS. The average Bonchev–Trinajstić information content (AvgIpc) is 2.68. The molecule has 16 heavy (non-hydrogen) atoms. The molecule has 0 unspecified atom stereocenters. The molecule has 0 atom stereocenters. The summed E-state index contributed by atoms with van der Waals surface area (Å²) in [5.74, 6) is 0.892. The maximum Gasteiger partial charge on any atom is 0.262 e. The van der Waals surface area contributed by atoms with Crippen molar-refractivity contribution in [2.75, 3.05) is 0 Å². The second kappa shape index (κ2) is 5.32. The van der Waals surface area contributed by atoms with E-state index in [1.807, 2.05) is 11.4 Å². The molecule has 1 aliphatic carbocycles. The van der Waals surface area contributed by atoms with Gasteiger partial charge in [0, 0.05) is 10.5 Å². The van der Waals surface area contributed by atoms with Gasteiger partial charge in [-0.25, -0.2) is 0 Å². The molecule has 2 nitrogen and oxygen atoms in total. The number of halogens is 1. The van der Waals surface area contributed by atoms with E-state index in [-0.39, 0.29) is 5.91 Å². The number of rotatable bonds is 2. The summed E-state index contributed by atoms with van der Waals surface area (Å²) in [6.07, 6.45) is 4.71. The van der Waals surface area contributed by atoms with Crippen LogP contribution in [-0.2, 0) is 0 Å². The van der Waals surface area contributed by atoms with E-state index in [1.165, 1.54) is 24.2 Å². The van der Waals surface area contributed by atoms with Crippen LogP contribution in [0.15, 0.2) is 15.9 Å². The summed E-state index contributed by atoms with van der Waals surface area (Å²) >= 11 is 4.88. The first-order valence-electron chi connectivity index (χ1n) is 5.70. The molecule has 1 aromatic heterocycles. The van der Waals surface area contributed by atoms with Crippen LogP contribution in [0.4, 0.5) is 0 Å². The summed E-state index contributed by atoms with van der Waals surface area (Å²) in [5.41, 5.74) is 0. The lowest BCUT2D eigenvalue weighted by atomic mass is 9.87. The van der Waals surface area contributed by atoms with Crippen LogP contribution in [0.1, 0.15) is 42.3 Å². The van der Waals surface area contributed by atoms with Gasteiger partial charge in [0.15, 0.2) is 0 Å². The van der Waals surface area contributed by atoms with Crippen molar-refractivity contribution in [1.29, 1.82) is 0 Å². The zero-order chi connectivity index (χ0) is 11.5. The molecule has 0 spiro atoms. The van der Waals surface area contributed by atoms with Crippen molar-refractivity contribution in [3.05, 3.63) is 20.8 Å². The highest BCUT2D eigenvalue weighted by Crippen LogP contribution is 2.26. The first kappa shape index (κ1) is 12.1. The fraction of sp³-hybridized carbons (Fsp3) is 0.583. The van der Waals surface area contributed by atoms with E-state index in [2.05, 4.69) is 28.2 Å². The third-order valence-corrected chi connectivity index (χ3v) is 5.01. The minimum Gasteiger partial charge on any atom is -0.349 e. The van der Waals surface area contributed by atoms with Crippen molar-refractivity contribution in [2.45, 2.75) is 38.6 Å². The van der Waals surface area contributed by atoms with Crippen LogP contribution in [0.3, 0.4) is 0 Å². The minimum absolute atomic E-state index is 0.0708. The Bertz CT molecular complexity index is 369. The van der Waals surface area contributed by atoms with E-state index in [0.717, 1.165) is 28.1 Å². The van der Waals surface area contributed by atoms with Crippen molar-refractivity contribution in [2.24, 2.45) is 5.92 Å². The van der Waals surface area contributed by atoms with Crippen LogP contribution in [0.5, 0.6) is 0 Å². The van der Waals surface area contributed by atoms with Crippen LogP contribution in [0.2, 0.25) is 0 Å². The zero-order valence-electron chi connectivity index (χ0n) is 9.33. The van der Waals surface area contributed by atoms with Crippen LogP contribution in [-0.4, -0.2) is 11.9 Å². The van der Waals surface area contributed by atoms with Crippen molar-refractivity contribution >= 4 is 33.2 Å². The van der Waals surface area contributed by atoms with Gasteiger partial charge in [-0.3, -0.25) is 4.79 Å². The second-order valence-corrected chi connectivity index (χ2v) is 6.30. The van der Waals surface area contributed by atoms with Gasteiger partial charge >= 0.3 is 0 Å². The molecule has 4 heteroatoms. The number of amides is 1. The monoisotopic (exact) mass is 301 g/mol. The smallest absolute Gasteiger partial charge is 0.262 e. The van der Waals surface area contributed by atoms with E-state index in [0.29, 0.717) is 6.04 Å². The zero-order valence-corrected chi connectivity index (χ0v) is 11.7. The van der Waals surface area contributed by atoms with Gasteiger partial charge in [-0.15, -0.1) is 11.3 Å². The van der Waals surface area contributed by atoms with Gasteiger partial charge in [-0.05, 0) is 59.0 Å². The SMILES string of the molecule is CC1CCC(NC(=O)c2sccc2Br)CC1. The van der Waals surface area contributed by atoms with Crippen LogP contribution < -0.4 is 5.32 Å². The van der Waals surface area contributed by atoms with Crippen LogP contribution in [0.25, 0.3) is 0 Å². The molecule has 1 N–H and O–H groups in total. The van der Waals surface area contributed by atoms with Crippen LogP contribution in [0, 0.1) is 5.92 Å². The molecule has 1 aromatic rings. The Balaban J connectivity index is 1.91. The third-order valence-electron chi connectivity index (χ3n) is 3.17. The van der Waals surface area contributed by atoms with Crippen LogP contribution >= 0.6 is 27.3 Å². The highest BCUT2D eigenvalue weighted by atomic mass is 79.9. The number of hydrogen-bond acceptors (Lipinski definition) is 2. The molecule has 0 radical (unpaired) electrons. The first-order valence-corrected chi connectivity index (χ1v) is 7.38. The topological polar surface area (TPSA) is 29.1 Å². The molecule has 88 valence electrons. The normalized spacial score (nSPS) is 25.4. The van der Waals surface area contributed by atoms with Gasteiger partial charge in [-0.1, -0.05) is 6.92 Å². The lowest BCUT2D eigenvalue weighted by Gasteiger charge is -2.26. The summed E-state index contributed by atoms with van der Waals surface area (Å²) in [6.45, 7) is 2.29. The number of thiophene rings is 1. The quantitative estimate of drug-likeness (QED) is 0.884. The Kier molecular flexibility index (Phi) is 4.03. The fourth-order valence-electron chi connectivity index (χ4n) is 2.11. The fourth-order valence-corrected chi connectivity index (χ4v) is 3.57. The third kappa shape index (κ3) is 2.86.